The molecule has 0 saturated carbocycles. The van der Waals surface area contributed by atoms with Crippen molar-refractivity contribution in [2.24, 2.45) is 0 Å². The zero-order valence-corrected chi connectivity index (χ0v) is 23.9. The molecule has 1 aromatic carbocycles. The molecule has 1 unspecified atom stereocenters. The van der Waals surface area contributed by atoms with Crippen molar-refractivity contribution in [3.63, 3.8) is 0 Å². The molecule has 1 heterocycles. The van der Waals surface area contributed by atoms with Gasteiger partial charge in [0.05, 0.1) is 6.54 Å². The molecular weight excluding hydrogens is 448 g/mol. The lowest BCUT2D eigenvalue weighted by Crippen LogP contribution is -2.43. The first kappa shape index (κ1) is 29.7. The molecule has 5 heteroatoms. The lowest BCUT2D eigenvalue weighted by atomic mass is 9.91. The van der Waals surface area contributed by atoms with Crippen LogP contribution in [0.25, 0.3) is 0 Å². The molecule has 1 aromatic rings. The van der Waals surface area contributed by atoms with Crippen molar-refractivity contribution in [2.45, 2.75) is 105 Å². The zero-order valence-electron chi connectivity index (χ0n) is 23.9. The van der Waals surface area contributed by atoms with Crippen LogP contribution in [-0.4, -0.2) is 43.0 Å². The minimum atomic E-state index is -0.547. The number of aldehydes is 1. The molecule has 0 aliphatic carbocycles. The number of carbonyl (C=O) groups excluding carboxylic acids is 2. The smallest absolute Gasteiger partial charge is 0.410 e. The Morgan fingerprint density at radius 3 is 2.39 bits per heavy atom. The third kappa shape index (κ3) is 8.25. The van der Waals surface area contributed by atoms with E-state index in [-0.39, 0.29) is 6.09 Å². The summed E-state index contributed by atoms with van der Waals surface area (Å²) in [5, 5.41) is 0. The van der Waals surface area contributed by atoms with Crippen LogP contribution in [0.3, 0.4) is 0 Å². The van der Waals surface area contributed by atoms with Crippen LogP contribution in [0.1, 0.15) is 105 Å². The van der Waals surface area contributed by atoms with Crippen LogP contribution >= 0.6 is 0 Å². The molecular formula is C31H48N2O3. The molecule has 0 bridgehead atoms. The van der Waals surface area contributed by atoms with Gasteiger partial charge in [-0.25, -0.2) is 4.79 Å². The second kappa shape index (κ2) is 13.7. The number of carbonyl (C=O) groups is 2. The van der Waals surface area contributed by atoms with E-state index in [9.17, 15) is 9.59 Å². The second-order valence-electron chi connectivity index (χ2n) is 11.1. The van der Waals surface area contributed by atoms with Gasteiger partial charge >= 0.3 is 6.09 Å². The fraction of sp³-hybridized carbons (Fsp3) is 0.613. The van der Waals surface area contributed by atoms with Crippen molar-refractivity contribution in [1.82, 2.24) is 4.90 Å². The van der Waals surface area contributed by atoms with Crippen molar-refractivity contribution in [3.05, 3.63) is 52.2 Å². The number of amides is 1. The largest absolute Gasteiger partial charge is 0.444 e. The summed E-state index contributed by atoms with van der Waals surface area (Å²) in [5.74, 6) is 0.553. The molecule has 1 atom stereocenters. The standard InChI is InChI=1S/C31H48N2O3/c1-9-11-12-13-24(4)25-14-16-26(17-15-25)32(8)29-18-20-33(30(35)36-31(5,6)7)22-28(29)27(19-21-34)23(3)10-2/h14-17,21,24H,9-13,18-20,22H2,1-8H3. The fourth-order valence-corrected chi connectivity index (χ4v) is 4.78. The second-order valence-corrected chi connectivity index (χ2v) is 11.1. The van der Waals surface area contributed by atoms with E-state index in [0.717, 1.165) is 29.5 Å². The summed E-state index contributed by atoms with van der Waals surface area (Å²) in [4.78, 5) is 28.6. The van der Waals surface area contributed by atoms with Gasteiger partial charge in [-0.05, 0) is 75.3 Å². The lowest BCUT2D eigenvalue weighted by Gasteiger charge is -2.37. The third-order valence-corrected chi connectivity index (χ3v) is 7.16. The molecule has 1 aliphatic heterocycles. The van der Waals surface area contributed by atoms with E-state index in [2.05, 4.69) is 63.9 Å². The van der Waals surface area contributed by atoms with E-state index < -0.39 is 5.60 Å². The number of ether oxygens (including phenoxy) is 1. The minimum absolute atomic E-state index is 0.303. The topological polar surface area (TPSA) is 49.9 Å². The Balaban J connectivity index is 2.40. The van der Waals surface area contributed by atoms with Gasteiger partial charge in [0.15, 0.2) is 0 Å². The first-order chi connectivity index (χ1) is 17.0. The number of hydrogen-bond donors (Lipinski definition) is 0. The number of benzene rings is 1. The quantitative estimate of drug-likeness (QED) is 0.230. The van der Waals surface area contributed by atoms with Crippen molar-refractivity contribution < 1.29 is 14.3 Å². The number of anilines is 1. The highest BCUT2D eigenvalue weighted by molar-refractivity contribution is 5.71. The van der Waals surface area contributed by atoms with Crippen LogP contribution in [0.5, 0.6) is 0 Å². The highest BCUT2D eigenvalue weighted by atomic mass is 16.6. The Morgan fingerprint density at radius 1 is 1.17 bits per heavy atom. The summed E-state index contributed by atoms with van der Waals surface area (Å²) in [5.41, 5.74) is 6.42. The molecule has 200 valence electrons. The molecule has 5 nitrogen and oxygen atoms in total. The summed E-state index contributed by atoms with van der Waals surface area (Å²) < 4.78 is 5.67. The summed E-state index contributed by atoms with van der Waals surface area (Å²) in [6.45, 7) is 15.4. The molecule has 0 N–H and O–H groups in total. The first-order valence-corrected chi connectivity index (χ1v) is 13.7. The predicted molar refractivity (Wildman–Crippen MR) is 151 cm³/mol. The maximum Gasteiger partial charge on any atom is 0.410 e. The Morgan fingerprint density at radius 2 is 1.83 bits per heavy atom. The number of unbranched alkanes of at least 4 members (excludes halogenated alkanes) is 2. The first-order valence-electron chi connectivity index (χ1n) is 13.7. The molecule has 2 rings (SSSR count). The molecule has 0 aromatic heterocycles. The maximum atomic E-state index is 12.9. The van der Waals surface area contributed by atoms with E-state index in [1.807, 2.05) is 20.8 Å². The Kier molecular flexibility index (Phi) is 11.3. The molecule has 0 saturated heterocycles. The van der Waals surface area contributed by atoms with Crippen molar-refractivity contribution in [1.29, 1.82) is 0 Å². The van der Waals surface area contributed by atoms with Gasteiger partial charge in [0.25, 0.3) is 0 Å². The van der Waals surface area contributed by atoms with Gasteiger partial charge < -0.3 is 19.3 Å². The van der Waals surface area contributed by atoms with Crippen LogP contribution in [0.4, 0.5) is 10.5 Å². The van der Waals surface area contributed by atoms with Gasteiger partial charge in [-0.2, -0.15) is 0 Å². The summed E-state index contributed by atoms with van der Waals surface area (Å²) in [7, 11) is 2.10. The van der Waals surface area contributed by atoms with Crippen LogP contribution < -0.4 is 4.90 Å². The Hall–Kier alpha value is -2.56. The number of nitrogens with zero attached hydrogens (tertiary/aromatic N) is 2. The van der Waals surface area contributed by atoms with E-state index in [0.29, 0.717) is 31.8 Å². The van der Waals surface area contributed by atoms with Gasteiger partial charge in [-0.3, -0.25) is 0 Å². The van der Waals surface area contributed by atoms with Gasteiger partial charge in [0, 0.05) is 37.8 Å². The van der Waals surface area contributed by atoms with Gasteiger partial charge in [0.2, 0.25) is 0 Å². The average Bonchev–Trinajstić information content (AvgIpc) is 2.85. The molecule has 0 fully saturated rings. The van der Waals surface area contributed by atoms with E-state index in [1.54, 1.807) is 4.90 Å². The maximum absolute atomic E-state index is 12.9. The summed E-state index contributed by atoms with van der Waals surface area (Å²) in [6.07, 6.45) is 7.61. The average molecular weight is 497 g/mol. The number of hydrogen-bond acceptors (Lipinski definition) is 4. The molecule has 1 aliphatic rings. The van der Waals surface area contributed by atoms with Crippen molar-refractivity contribution >= 4 is 18.1 Å². The van der Waals surface area contributed by atoms with Gasteiger partial charge in [-0.15, -0.1) is 0 Å². The van der Waals surface area contributed by atoms with Gasteiger partial charge in [-0.1, -0.05) is 57.7 Å². The summed E-state index contributed by atoms with van der Waals surface area (Å²) >= 11 is 0. The van der Waals surface area contributed by atoms with E-state index >= 15 is 0 Å². The SMILES string of the molecule is CCCCCC(C)c1ccc(N(C)C2=C(C(CC=O)=C(C)CC)CN(C(=O)OC(C)(C)C)CC2)cc1. The van der Waals surface area contributed by atoms with E-state index in [4.69, 9.17) is 4.74 Å². The number of rotatable bonds is 11. The monoisotopic (exact) mass is 496 g/mol. The minimum Gasteiger partial charge on any atom is -0.444 e. The Labute approximate surface area is 219 Å². The molecule has 0 radical (unpaired) electrons. The van der Waals surface area contributed by atoms with Crippen LogP contribution in [-0.2, 0) is 9.53 Å². The van der Waals surface area contributed by atoms with Crippen molar-refractivity contribution in [3.8, 4) is 0 Å². The molecule has 36 heavy (non-hydrogen) atoms. The van der Waals surface area contributed by atoms with Crippen LogP contribution in [0.2, 0.25) is 0 Å². The van der Waals surface area contributed by atoms with Gasteiger partial charge in [0.1, 0.15) is 11.9 Å². The number of allylic oxidation sites excluding steroid dienone is 1. The normalized spacial score (nSPS) is 15.9. The van der Waals surface area contributed by atoms with Crippen molar-refractivity contribution in [2.75, 3.05) is 25.0 Å². The predicted octanol–water partition coefficient (Wildman–Crippen LogP) is 8.02. The third-order valence-electron chi connectivity index (χ3n) is 7.16. The van der Waals surface area contributed by atoms with Crippen LogP contribution in [0, 0.1) is 0 Å². The van der Waals surface area contributed by atoms with E-state index in [1.165, 1.54) is 42.5 Å². The molecule has 0 spiro atoms. The lowest BCUT2D eigenvalue weighted by molar-refractivity contribution is -0.107. The van der Waals surface area contributed by atoms with Crippen LogP contribution in [0.15, 0.2) is 46.7 Å². The zero-order chi connectivity index (χ0) is 26.9. The highest BCUT2D eigenvalue weighted by Gasteiger charge is 2.30. The summed E-state index contributed by atoms with van der Waals surface area (Å²) in [6, 6.07) is 8.90. The Bertz CT molecular complexity index is 938. The fourth-order valence-electron chi connectivity index (χ4n) is 4.78. The highest BCUT2D eigenvalue weighted by Crippen LogP contribution is 2.34. The molecule has 1 amide bonds.